The molecule has 1 atom stereocenters. The highest BCUT2D eigenvalue weighted by molar-refractivity contribution is 7.93. The van der Waals surface area contributed by atoms with Gasteiger partial charge in [-0.1, -0.05) is 18.2 Å². The van der Waals surface area contributed by atoms with Crippen LogP contribution >= 0.6 is 0 Å². The third kappa shape index (κ3) is 2.68. The van der Waals surface area contributed by atoms with Crippen molar-refractivity contribution in [2.24, 2.45) is 5.73 Å². The molecular formula is C19H18N2O5S. The van der Waals surface area contributed by atoms with Crippen molar-refractivity contribution in [1.82, 2.24) is 0 Å². The second-order valence-corrected chi connectivity index (χ2v) is 8.61. The molecule has 1 heterocycles. The summed E-state index contributed by atoms with van der Waals surface area (Å²) in [4.78, 5) is 23.4. The molecule has 0 unspecified atom stereocenters. The first-order chi connectivity index (χ1) is 12.8. The summed E-state index contributed by atoms with van der Waals surface area (Å²) in [6.07, 6.45) is 2.15. The van der Waals surface area contributed by atoms with E-state index in [4.69, 9.17) is 5.73 Å². The molecule has 2 aliphatic rings. The van der Waals surface area contributed by atoms with Gasteiger partial charge in [0, 0.05) is 6.42 Å². The Morgan fingerprint density at radius 3 is 2.56 bits per heavy atom. The Kier molecular flexibility index (Phi) is 3.96. The van der Waals surface area contributed by atoms with Gasteiger partial charge in [0.1, 0.15) is 6.04 Å². The molecule has 0 saturated heterocycles. The van der Waals surface area contributed by atoms with Gasteiger partial charge in [0.25, 0.3) is 10.0 Å². The van der Waals surface area contributed by atoms with Gasteiger partial charge in [-0.05, 0) is 54.2 Å². The van der Waals surface area contributed by atoms with Crippen LogP contribution in [0.15, 0.2) is 41.3 Å². The molecule has 0 radical (unpaired) electrons. The standard InChI is InChI=1S/C19H18N2O5S/c20-18(22)16-9-12-4-1-2-7-15(12)21(16)27(25,26)17-10-13(19(23)24)8-11-5-3-6-14(11)17/h1-2,4,7-8,10,16H,3,5-6,9H2,(H2,20,22)(H,23,24)/t16-/m0/s1. The normalized spacial score (nSPS) is 18.2. The lowest BCUT2D eigenvalue weighted by molar-refractivity contribution is -0.118. The average Bonchev–Trinajstić information content (AvgIpc) is 3.25. The molecule has 2 aromatic rings. The van der Waals surface area contributed by atoms with Crippen LogP contribution in [0.5, 0.6) is 0 Å². The maximum Gasteiger partial charge on any atom is 0.335 e. The number of sulfonamides is 1. The molecule has 0 bridgehead atoms. The number of carbonyl (C=O) groups is 2. The third-order valence-electron chi connectivity index (χ3n) is 5.21. The second kappa shape index (κ2) is 6.09. The van der Waals surface area contributed by atoms with E-state index in [0.29, 0.717) is 24.1 Å². The lowest BCUT2D eigenvalue weighted by Crippen LogP contribution is -2.46. The molecule has 140 valence electrons. The number of aryl methyl sites for hydroxylation is 1. The molecule has 1 aliphatic heterocycles. The molecule has 0 fully saturated rings. The highest BCUT2D eigenvalue weighted by Crippen LogP contribution is 2.39. The van der Waals surface area contributed by atoms with Crippen LogP contribution in [0.1, 0.15) is 33.5 Å². The number of hydrogen-bond acceptors (Lipinski definition) is 4. The molecule has 0 saturated carbocycles. The van der Waals surface area contributed by atoms with Crippen molar-refractivity contribution in [3.8, 4) is 0 Å². The maximum atomic E-state index is 13.6. The number of carboxylic acid groups (broad SMARTS) is 1. The summed E-state index contributed by atoms with van der Waals surface area (Å²) >= 11 is 0. The molecule has 0 spiro atoms. The molecule has 4 rings (SSSR count). The van der Waals surface area contributed by atoms with Crippen LogP contribution in [0, 0.1) is 0 Å². The summed E-state index contributed by atoms with van der Waals surface area (Å²) in [5.74, 6) is -1.92. The maximum absolute atomic E-state index is 13.6. The zero-order valence-corrected chi connectivity index (χ0v) is 15.2. The molecular weight excluding hydrogens is 368 g/mol. The smallest absolute Gasteiger partial charge is 0.335 e. The molecule has 2 aromatic carbocycles. The van der Waals surface area contributed by atoms with Crippen molar-refractivity contribution < 1.29 is 23.1 Å². The minimum Gasteiger partial charge on any atom is -0.478 e. The highest BCUT2D eigenvalue weighted by Gasteiger charge is 2.42. The quantitative estimate of drug-likeness (QED) is 0.825. The number of primary amides is 1. The predicted octanol–water partition coefficient (Wildman–Crippen LogP) is 1.48. The summed E-state index contributed by atoms with van der Waals surface area (Å²) in [7, 11) is -4.16. The van der Waals surface area contributed by atoms with Gasteiger partial charge in [-0.3, -0.25) is 9.10 Å². The Labute approximate surface area is 156 Å². The molecule has 0 aromatic heterocycles. The van der Waals surface area contributed by atoms with Crippen LogP contribution in [0.4, 0.5) is 5.69 Å². The molecule has 27 heavy (non-hydrogen) atoms. The van der Waals surface area contributed by atoms with Gasteiger partial charge in [-0.25, -0.2) is 13.2 Å². The van der Waals surface area contributed by atoms with E-state index in [0.717, 1.165) is 21.9 Å². The van der Waals surface area contributed by atoms with Crippen molar-refractivity contribution >= 4 is 27.6 Å². The Bertz CT molecular complexity index is 1080. The number of para-hydroxylation sites is 1. The first-order valence-corrected chi connectivity index (χ1v) is 10.1. The van der Waals surface area contributed by atoms with Gasteiger partial charge in [-0.2, -0.15) is 0 Å². The van der Waals surface area contributed by atoms with Crippen molar-refractivity contribution in [2.45, 2.75) is 36.6 Å². The van der Waals surface area contributed by atoms with Crippen LogP contribution < -0.4 is 10.0 Å². The van der Waals surface area contributed by atoms with Crippen LogP contribution in [0.3, 0.4) is 0 Å². The number of fused-ring (bicyclic) bond motifs is 2. The van der Waals surface area contributed by atoms with E-state index in [-0.39, 0.29) is 16.9 Å². The summed E-state index contributed by atoms with van der Waals surface area (Å²) in [5.41, 5.74) is 7.92. The minimum absolute atomic E-state index is 0.0437. The van der Waals surface area contributed by atoms with Gasteiger partial charge in [-0.15, -0.1) is 0 Å². The third-order valence-corrected chi connectivity index (χ3v) is 7.10. The number of hydrogen-bond donors (Lipinski definition) is 2. The lowest BCUT2D eigenvalue weighted by atomic mass is 10.1. The zero-order valence-electron chi connectivity index (χ0n) is 14.4. The van der Waals surface area contributed by atoms with E-state index >= 15 is 0 Å². The number of nitrogens with two attached hydrogens (primary N) is 1. The van der Waals surface area contributed by atoms with E-state index < -0.39 is 27.9 Å². The number of nitrogens with zero attached hydrogens (tertiary/aromatic N) is 1. The van der Waals surface area contributed by atoms with Gasteiger partial charge in [0.05, 0.1) is 16.1 Å². The SMILES string of the molecule is NC(=O)[C@@H]1Cc2ccccc2N1S(=O)(=O)c1cc(C(=O)O)cc2c1CCC2. The van der Waals surface area contributed by atoms with E-state index in [1.165, 1.54) is 12.1 Å². The van der Waals surface area contributed by atoms with E-state index in [1.54, 1.807) is 24.3 Å². The number of benzene rings is 2. The number of amides is 1. The van der Waals surface area contributed by atoms with E-state index in [9.17, 15) is 23.1 Å². The average molecular weight is 386 g/mol. The highest BCUT2D eigenvalue weighted by atomic mass is 32.2. The molecule has 3 N–H and O–H groups in total. The predicted molar refractivity (Wildman–Crippen MR) is 98.2 cm³/mol. The fraction of sp³-hybridized carbons (Fsp3) is 0.263. The number of anilines is 1. The van der Waals surface area contributed by atoms with Gasteiger partial charge in [0.2, 0.25) is 5.91 Å². The van der Waals surface area contributed by atoms with Crippen molar-refractivity contribution in [1.29, 1.82) is 0 Å². The summed E-state index contributed by atoms with van der Waals surface area (Å²) < 4.78 is 28.2. The van der Waals surface area contributed by atoms with Crippen molar-refractivity contribution in [3.63, 3.8) is 0 Å². The largest absolute Gasteiger partial charge is 0.478 e. The van der Waals surface area contributed by atoms with E-state index in [1.807, 2.05) is 0 Å². The lowest BCUT2D eigenvalue weighted by Gasteiger charge is -2.26. The van der Waals surface area contributed by atoms with Crippen LogP contribution in [-0.2, 0) is 34.1 Å². The van der Waals surface area contributed by atoms with Crippen LogP contribution in [0.25, 0.3) is 0 Å². The molecule has 1 aliphatic carbocycles. The Hall–Kier alpha value is -2.87. The molecule has 7 nitrogen and oxygen atoms in total. The molecule has 1 amide bonds. The van der Waals surface area contributed by atoms with Crippen LogP contribution in [-0.4, -0.2) is 31.4 Å². The van der Waals surface area contributed by atoms with E-state index in [2.05, 4.69) is 0 Å². The summed E-state index contributed by atoms with van der Waals surface area (Å²) in [6, 6.07) is 8.57. The number of carboxylic acids is 1. The second-order valence-electron chi connectivity index (χ2n) is 6.82. The number of aromatic carboxylic acids is 1. The van der Waals surface area contributed by atoms with Gasteiger partial charge >= 0.3 is 5.97 Å². The number of rotatable bonds is 4. The van der Waals surface area contributed by atoms with Crippen molar-refractivity contribution in [3.05, 3.63) is 58.7 Å². The van der Waals surface area contributed by atoms with Crippen molar-refractivity contribution in [2.75, 3.05) is 4.31 Å². The van der Waals surface area contributed by atoms with Crippen LogP contribution in [0.2, 0.25) is 0 Å². The number of carbonyl (C=O) groups excluding carboxylic acids is 1. The fourth-order valence-corrected chi connectivity index (χ4v) is 5.98. The summed E-state index contributed by atoms with van der Waals surface area (Å²) in [6.45, 7) is 0. The topological polar surface area (TPSA) is 118 Å². The monoisotopic (exact) mass is 386 g/mol. The van der Waals surface area contributed by atoms with Gasteiger partial charge in [0.15, 0.2) is 0 Å². The Morgan fingerprint density at radius 2 is 1.85 bits per heavy atom. The minimum atomic E-state index is -4.16. The van der Waals surface area contributed by atoms with Gasteiger partial charge < -0.3 is 10.8 Å². The first kappa shape index (κ1) is 17.5. The fourth-order valence-electron chi connectivity index (χ4n) is 4.00. The Balaban J connectivity index is 1.94. The Morgan fingerprint density at radius 1 is 1.11 bits per heavy atom. The molecule has 8 heteroatoms. The summed E-state index contributed by atoms with van der Waals surface area (Å²) in [5, 5.41) is 9.39. The zero-order chi connectivity index (χ0) is 19.3. The first-order valence-electron chi connectivity index (χ1n) is 8.61.